The normalized spacial score (nSPS) is 15.2. The van der Waals surface area contributed by atoms with E-state index in [-0.39, 0.29) is 5.56 Å². The van der Waals surface area contributed by atoms with E-state index in [1.54, 1.807) is 6.20 Å². The summed E-state index contributed by atoms with van der Waals surface area (Å²) in [4.78, 5) is 29.8. The van der Waals surface area contributed by atoms with E-state index in [2.05, 4.69) is 24.8 Å². The van der Waals surface area contributed by atoms with Crippen molar-refractivity contribution < 1.29 is 4.74 Å². The summed E-state index contributed by atoms with van der Waals surface area (Å²) < 4.78 is 6.23. The lowest BCUT2D eigenvalue weighted by Crippen LogP contribution is -2.36. The van der Waals surface area contributed by atoms with Gasteiger partial charge in [-0.2, -0.15) is 0 Å². The van der Waals surface area contributed by atoms with Crippen molar-refractivity contribution in [2.24, 2.45) is 0 Å². The predicted molar refractivity (Wildman–Crippen MR) is 103 cm³/mol. The van der Waals surface area contributed by atoms with Gasteiger partial charge in [0.25, 0.3) is 5.56 Å². The molecule has 5 rings (SSSR count). The second-order valence-electron chi connectivity index (χ2n) is 6.05. The quantitative estimate of drug-likeness (QED) is 0.552. The number of thiophene rings is 1. The Balaban J connectivity index is 1.63. The molecular formula is C17H14ClN5O2S. The van der Waals surface area contributed by atoms with Gasteiger partial charge in [-0.15, -0.1) is 11.3 Å². The number of aromatic nitrogens is 4. The molecule has 1 aliphatic heterocycles. The molecule has 2 N–H and O–H groups in total. The largest absolute Gasteiger partial charge is 0.378 e. The smallest absolute Gasteiger partial charge is 0.261 e. The molecule has 0 radical (unpaired) electrons. The van der Waals surface area contributed by atoms with Crippen molar-refractivity contribution in [1.82, 2.24) is 19.9 Å². The van der Waals surface area contributed by atoms with E-state index in [0.717, 1.165) is 34.6 Å². The molecule has 0 spiro atoms. The minimum absolute atomic E-state index is 0.263. The van der Waals surface area contributed by atoms with Crippen LogP contribution in [-0.2, 0) is 4.74 Å². The number of hydrogen-bond acceptors (Lipinski definition) is 6. The highest BCUT2D eigenvalue weighted by molar-refractivity contribution is 7.17. The summed E-state index contributed by atoms with van der Waals surface area (Å²) in [6, 6.07) is 3.79. The first-order chi connectivity index (χ1) is 12.7. The molecule has 26 heavy (non-hydrogen) atoms. The molecule has 9 heteroatoms. The van der Waals surface area contributed by atoms with Crippen LogP contribution in [0.1, 0.15) is 0 Å². The van der Waals surface area contributed by atoms with Crippen LogP contribution < -0.4 is 10.5 Å². The summed E-state index contributed by atoms with van der Waals surface area (Å²) in [5.74, 6) is 1.31. The lowest BCUT2D eigenvalue weighted by atomic mass is 10.2. The first kappa shape index (κ1) is 15.8. The van der Waals surface area contributed by atoms with Gasteiger partial charge < -0.3 is 19.6 Å². The maximum Gasteiger partial charge on any atom is 0.261 e. The highest BCUT2D eigenvalue weighted by Gasteiger charge is 2.18. The zero-order chi connectivity index (χ0) is 17.7. The van der Waals surface area contributed by atoms with E-state index in [9.17, 15) is 4.79 Å². The fourth-order valence-corrected chi connectivity index (χ4v) is 4.38. The second kappa shape index (κ2) is 6.08. The summed E-state index contributed by atoms with van der Waals surface area (Å²) in [7, 11) is 0. The zero-order valence-electron chi connectivity index (χ0n) is 13.6. The maximum atomic E-state index is 12.5. The summed E-state index contributed by atoms with van der Waals surface area (Å²) in [5, 5.41) is 2.31. The third kappa shape index (κ3) is 2.49. The molecule has 7 nitrogen and oxygen atoms in total. The third-order valence-electron chi connectivity index (χ3n) is 4.49. The Kier molecular flexibility index (Phi) is 3.70. The lowest BCUT2D eigenvalue weighted by Gasteiger charge is -2.27. The van der Waals surface area contributed by atoms with Crippen LogP contribution in [0.25, 0.3) is 32.6 Å². The average Bonchev–Trinajstić information content (AvgIpc) is 3.28. The van der Waals surface area contributed by atoms with Crippen LogP contribution >= 0.6 is 22.9 Å². The van der Waals surface area contributed by atoms with Crippen LogP contribution in [0.4, 0.5) is 5.82 Å². The molecule has 0 unspecified atom stereocenters. The molecule has 1 aliphatic rings. The molecule has 0 amide bonds. The van der Waals surface area contributed by atoms with Gasteiger partial charge >= 0.3 is 0 Å². The molecule has 132 valence electrons. The van der Waals surface area contributed by atoms with Crippen LogP contribution in [-0.4, -0.2) is 46.2 Å². The van der Waals surface area contributed by atoms with Crippen molar-refractivity contribution in [3.63, 3.8) is 0 Å². The second-order valence-corrected chi connectivity index (χ2v) is 7.35. The third-order valence-corrected chi connectivity index (χ3v) is 5.91. The molecule has 4 aromatic rings. The van der Waals surface area contributed by atoms with Crippen LogP contribution in [0.5, 0.6) is 0 Å². The van der Waals surface area contributed by atoms with Crippen molar-refractivity contribution in [3.05, 3.63) is 39.1 Å². The van der Waals surface area contributed by atoms with Crippen LogP contribution in [0, 0.1) is 0 Å². The molecule has 0 atom stereocenters. The van der Waals surface area contributed by atoms with Crippen LogP contribution in [0.15, 0.2) is 28.5 Å². The van der Waals surface area contributed by atoms with Crippen molar-refractivity contribution in [2.45, 2.75) is 0 Å². The van der Waals surface area contributed by atoms with E-state index < -0.39 is 0 Å². The molecule has 5 heterocycles. The van der Waals surface area contributed by atoms with Gasteiger partial charge in [0.05, 0.1) is 40.2 Å². The number of anilines is 1. The van der Waals surface area contributed by atoms with Gasteiger partial charge in [-0.25, -0.2) is 9.97 Å². The summed E-state index contributed by atoms with van der Waals surface area (Å²) in [6.45, 7) is 3.00. The average molecular weight is 388 g/mol. The van der Waals surface area contributed by atoms with E-state index >= 15 is 0 Å². The molecule has 0 aliphatic carbocycles. The van der Waals surface area contributed by atoms with Crippen LogP contribution in [0.2, 0.25) is 5.02 Å². The van der Waals surface area contributed by atoms with Crippen molar-refractivity contribution in [3.8, 4) is 11.4 Å². The van der Waals surface area contributed by atoms with Crippen molar-refractivity contribution >= 4 is 50.0 Å². The Hall–Kier alpha value is -2.42. The Bertz CT molecular complexity index is 1180. The van der Waals surface area contributed by atoms with Crippen LogP contribution in [0.3, 0.4) is 0 Å². The highest BCUT2D eigenvalue weighted by atomic mass is 35.5. The lowest BCUT2D eigenvalue weighted by molar-refractivity contribution is 0.122. The number of fused-ring (bicyclic) bond motifs is 2. The topological polar surface area (TPSA) is 86.9 Å². The minimum Gasteiger partial charge on any atom is -0.378 e. The molecule has 0 bridgehead atoms. The first-order valence-electron chi connectivity index (χ1n) is 8.18. The highest BCUT2D eigenvalue weighted by Crippen LogP contribution is 2.33. The summed E-state index contributed by atoms with van der Waals surface area (Å²) in [6.07, 6.45) is 1.71. The molecule has 4 aromatic heterocycles. The van der Waals surface area contributed by atoms with Gasteiger partial charge in [0, 0.05) is 19.2 Å². The van der Waals surface area contributed by atoms with Gasteiger partial charge in [0.1, 0.15) is 22.7 Å². The standard InChI is InChI=1S/C17H14ClN5O2S/c18-14-13(17(24)22-9-1-6-26-15(9)14)16-20-10-7-12(19-8-11(10)21-16)23-2-4-25-5-3-23/h1,6-8H,2-5H2,(H,20,21)(H,22,24). The Labute approximate surface area is 156 Å². The molecule has 1 saturated heterocycles. The SMILES string of the molecule is O=c1[nH]c2ccsc2c(Cl)c1-c1nc2cnc(N3CCOCC3)cc2[nH]1. The number of nitrogens with one attached hydrogen (secondary N) is 2. The molecule has 0 saturated carbocycles. The predicted octanol–water partition coefficient (Wildman–Crippen LogP) is 3.02. The summed E-state index contributed by atoms with van der Waals surface area (Å²) >= 11 is 7.98. The van der Waals surface area contributed by atoms with Gasteiger partial charge in [-0.3, -0.25) is 4.79 Å². The number of morpholine rings is 1. The van der Waals surface area contributed by atoms with E-state index in [0.29, 0.717) is 35.1 Å². The molecule has 1 fully saturated rings. The maximum absolute atomic E-state index is 12.5. The van der Waals surface area contributed by atoms with E-state index in [1.807, 2.05) is 17.5 Å². The number of ether oxygens (including phenoxy) is 1. The van der Waals surface area contributed by atoms with Crippen molar-refractivity contribution in [1.29, 1.82) is 0 Å². The van der Waals surface area contributed by atoms with Gasteiger partial charge in [0.2, 0.25) is 0 Å². The summed E-state index contributed by atoms with van der Waals surface area (Å²) in [5.41, 5.74) is 2.34. The number of pyridine rings is 2. The first-order valence-corrected chi connectivity index (χ1v) is 9.44. The Morgan fingerprint density at radius 3 is 2.92 bits per heavy atom. The number of halogens is 1. The van der Waals surface area contributed by atoms with Gasteiger partial charge in [0.15, 0.2) is 0 Å². The number of nitrogens with zero attached hydrogens (tertiary/aromatic N) is 3. The monoisotopic (exact) mass is 387 g/mol. The van der Waals surface area contributed by atoms with Gasteiger partial charge in [-0.05, 0) is 11.4 Å². The fraction of sp³-hybridized carbons (Fsp3) is 0.235. The number of rotatable bonds is 2. The molecular weight excluding hydrogens is 374 g/mol. The van der Waals surface area contributed by atoms with Gasteiger partial charge in [-0.1, -0.05) is 11.6 Å². The number of imidazole rings is 1. The Morgan fingerprint density at radius 1 is 1.23 bits per heavy atom. The number of hydrogen-bond donors (Lipinski definition) is 2. The van der Waals surface area contributed by atoms with E-state index in [1.165, 1.54) is 11.3 Å². The van der Waals surface area contributed by atoms with E-state index in [4.69, 9.17) is 16.3 Å². The minimum atomic E-state index is -0.263. The number of H-pyrrole nitrogens is 2. The zero-order valence-corrected chi connectivity index (χ0v) is 15.2. The Morgan fingerprint density at radius 2 is 2.08 bits per heavy atom. The fourth-order valence-electron chi connectivity index (χ4n) is 3.17. The molecule has 0 aromatic carbocycles. The van der Waals surface area contributed by atoms with Crippen molar-refractivity contribution in [2.75, 3.05) is 31.2 Å². The number of aromatic amines is 2.